The molecular formula is C30H30ClNO4. The van der Waals surface area contributed by atoms with Crippen LogP contribution in [0, 0.1) is 0 Å². The summed E-state index contributed by atoms with van der Waals surface area (Å²) in [5.74, 6) is 0.673. The topological polar surface area (TPSA) is 67.8 Å². The standard InChI is InChI=1S/C30H29NO4.ClH/c1-20(25-11-6-8-21-7-2-3-9-26(21)25)31-18-24-17-28(27-10-4-5-12-29(27)35-24)22-13-15-23(16-14-22)34-19-30(32)33;/h2-16,20,24,28,31H,17-19H2,1H3,(H,32,33);1H/t20?,24-,28+;/m0./s1. The molecule has 4 aromatic rings. The van der Waals surface area contributed by atoms with Crippen LogP contribution in [-0.2, 0) is 4.79 Å². The number of para-hydroxylation sites is 1. The van der Waals surface area contributed by atoms with Gasteiger partial charge in [-0.05, 0) is 53.4 Å². The summed E-state index contributed by atoms with van der Waals surface area (Å²) in [4.78, 5) is 10.8. The second-order valence-corrected chi connectivity index (χ2v) is 9.02. The van der Waals surface area contributed by atoms with Crippen LogP contribution < -0.4 is 14.8 Å². The highest BCUT2D eigenvalue weighted by atomic mass is 35.5. The van der Waals surface area contributed by atoms with Crippen molar-refractivity contribution in [2.75, 3.05) is 13.2 Å². The van der Waals surface area contributed by atoms with Gasteiger partial charge in [0.2, 0.25) is 0 Å². The number of hydrogen-bond donors (Lipinski definition) is 2. The van der Waals surface area contributed by atoms with Gasteiger partial charge in [-0.3, -0.25) is 0 Å². The number of benzene rings is 4. The molecule has 0 bridgehead atoms. The molecular weight excluding hydrogens is 474 g/mol. The van der Waals surface area contributed by atoms with Crippen LogP contribution in [0.1, 0.15) is 42.0 Å². The number of rotatable bonds is 8. The van der Waals surface area contributed by atoms with E-state index in [1.165, 1.54) is 21.9 Å². The Hall–Kier alpha value is -3.54. The molecule has 1 aliphatic heterocycles. The summed E-state index contributed by atoms with van der Waals surface area (Å²) in [6, 6.07) is 31.0. The summed E-state index contributed by atoms with van der Waals surface area (Å²) in [6.45, 7) is 2.59. The lowest BCUT2D eigenvalue weighted by Gasteiger charge is -2.33. The first-order valence-electron chi connectivity index (χ1n) is 12.0. The molecule has 5 rings (SSSR count). The lowest BCUT2D eigenvalue weighted by molar-refractivity contribution is -0.139. The quantitative estimate of drug-likeness (QED) is 0.293. The van der Waals surface area contributed by atoms with Crippen LogP contribution in [0.3, 0.4) is 0 Å². The van der Waals surface area contributed by atoms with E-state index in [1.807, 2.05) is 42.5 Å². The minimum absolute atomic E-state index is 0. The zero-order chi connectivity index (χ0) is 24.2. The molecule has 4 aromatic carbocycles. The average Bonchev–Trinajstić information content (AvgIpc) is 2.90. The third-order valence-corrected chi connectivity index (χ3v) is 6.67. The molecule has 2 N–H and O–H groups in total. The normalized spacial score (nSPS) is 17.4. The van der Waals surface area contributed by atoms with E-state index >= 15 is 0 Å². The van der Waals surface area contributed by atoms with Crippen molar-refractivity contribution in [3.05, 3.63) is 108 Å². The summed E-state index contributed by atoms with van der Waals surface area (Å²) in [5, 5.41) is 15.1. The number of carboxylic acid groups (broad SMARTS) is 1. The van der Waals surface area contributed by atoms with E-state index in [-0.39, 0.29) is 37.1 Å². The van der Waals surface area contributed by atoms with Crippen molar-refractivity contribution in [1.29, 1.82) is 0 Å². The van der Waals surface area contributed by atoms with E-state index in [4.69, 9.17) is 14.6 Å². The Labute approximate surface area is 217 Å². The molecule has 0 radical (unpaired) electrons. The van der Waals surface area contributed by atoms with Gasteiger partial charge >= 0.3 is 5.97 Å². The van der Waals surface area contributed by atoms with Gasteiger partial charge in [-0.1, -0.05) is 72.8 Å². The first-order chi connectivity index (χ1) is 17.1. The van der Waals surface area contributed by atoms with Crippen molar-refractivity contribution in [3.8, 4) is 11.5 Å². The third-order valence-electron chi connectivity index (χ3n) is 6.67. The number of aliphatic carboxylic acids is 1. The van der Waals surface area contributed by atoms with E-state index < -0.39 is 5.97 Å². The molecule has 0 fully saturated rings. The molecule has 3 atom stereocenters. The highest BCUT2D eigenvalue weighted by molar-refractivity contribution is 5.86. The minimum Gasteiger partial charge on any atom is -0.489 e. The van der Waals surface area contributed by atoms with Gasteiger partial charge < -0.3 is 19.9 Å². The number of hydrogen-bond acceptors (Lipinski definition) is 4. The lowest BCUT2D eigenvalue weighted by Crippen LogP contribution is -2.37. The van der Waals surface area contributed by atoms with Gasteiger partial charge in [0.1, 0.15) is 17.6 Å². The van der Waals surface area contributed by atoms with Gasteiger partial charge in [-0.15, -0.1) is 12.4 Å². The molecule has 1 aliphatic rings. The molecule has 0 saturated carbocycles. The van der Waals surface area contributed by atoms with E-state index in [0.717, 1.165) is 24.3 Å². The third kappa shape index (κ3) is 5.64. The Kier molecular flexibility index (Phi) is 8.14. The highest BCUT2D eigenvalue weighted by Crippen LogP contribution is 2.40. The molecule has 36 heavy (non-hydrogen) atoms. The maximum atomic E-state index is 10.8. The Balaban J connectivity index is 0.00000304. The molecule has 186 valence electrons. The molecule has 1 heterocycles. The van der Waals surface area contributed by atoms with Crippen LogP contribution in [0.15, 0.2) is 91.0 Å². The number of ether oxygens (including phenoxy) is 2. The van der Waals surface area contributed by atoms with Gasteiger partial charge in [-0.25, -0.2) is 4.79 Å². The molecule has 1 unspecified atom stereocenters. The summed E-state index contributed by atoms with van der Waals surface area (Å²) >= 11 is 0. The van der Waals surface area contributed by atoms with Crippen LogP contribution in [0.25, 0.3) is 10.8 Å². The zero-order valence-corrected chi connectivity index (χ0v) is 20.9. The Morgan fingerprint density at radius 1 is 1.00 bits per heavy atom. The SMILES string of the molecule is CC(NC[C@@H]1C[C@H](c2ccc(OCC(=O)O)cc2)c2ccccc2O1)c1cccc2ccccc12.Cl. The fourth-order valence-electron chi connectivity index (χ4n) is 4.92. The van der Waals surface area contributed by atoms with Crippen molar-refractivity contribution in [2.45, 2.75) is 31.4 Å². The van der Waals surface area contributed by atoms with E-state index in [1.54, 1.807) is 0 Å². The smallest absolute Gasteiger partial charge is 0.341 e. The number of fused-ring (bicyclic) bond motifs is 2. The van der Waals surface area contributed by atoms with Gasteiger partial charge in [0.15, 0.2) is 6.61 Å². The number of carboxylic acids is 1. The van der Waals surface area contributed by atoms with Crippen molar-refractivity contribution < 1.29 is 19.4 Å². The summed E-state index contributed by atoms with van der Waals surface area (Å²) in [5.41, 5.74) is 3.62. The van der Waals surface area contributed by atoms with Gasteiger partial charge in [0, 0.05) is 24.1 Å². The molecule has 5 nitrogen and oxygen atoms in total. The minimum atomic E-state index is -0.986. The van der Waals surface area contributed by atoms with Crippen molar-refractivity contribution in [3.63, 3.8) is 0 Å². The Bertz CT molecular complexity index is 1320. The molecule has 6 heteroatoms. The van der Waals surface area contributed by atoms with Crippen LogP contribution in [0.2, 0.25) is 0 Å². The second kappa shape index (κ2) is 11.5. The first-order valence-corrected chi connectivity index (χ1v) is 12.0. The Morgan fingerprint density at radius 3 is 2.53 bits per heavy atom. The second-order valence-electron chi connectivity index (χ2n) is 9.02. The molecule has 0 spiro atoms. The van der Waals surface area contributed by atoms with E-state index in [0.29, 0.717) is 5.75 Å². The summed E-state index contributed by atoms with van der Waals surface area (Å²) in [6.07, 6.45) is 0.872. The van der Waals surface area contributed by atoms with Crippen LogP contribution in [0.5, 0.6) is 11.5 Å². The summed E-state index contributed by atoms with van der Waals surface area (Å²) in [7, 11) is 0. The maximum absolute atomic E-state index is 10.8. The van der Waals surface area contributed by atoms with Gasteiger partial charge in [-0.2, -0.15) is 0 Å². The van der Waals surface area contributed by atoms with Crippen molar-refractivity contribution in [2.24, 2.45) is 0 Å². The summed E-state index contributed by atoms with van der Waals surface area (Å²) < 4.78 is 11.7. The fraction of sp³-hybridized carbons (Fsp3) is 0.233. The fourth-order valence-corrected chi connectivity index (χ4v) is 4.92. The predicted molar refractivity (Wildman–Crippen MR) is 145 cm³/mol. The molecule has 0 amide bonds. The van der Waals surface area contributed by atoms with Gasteiger partial charge in [0.05, 0.1) is 0 Å². The van der Waals surface area contributed by atoms with Crippen LogP contribution >= 0.6 is 12.4 Å². The zero-order valence-electron chi connectivity index (χ0n) is 20.1. The molecule has 0 aliphatic carbocycles. The monoisotopic (exact) mass is 503 g/mol. The van der Waals surface area contributed by atoms with Crippen molar-refractivity contribution >= 4 is 29.1 Å². The van der Waals surface area contributed by atoms with E-state index in [2.05, 4.69) is 60.8 Å². The van der Waals surface area contributed by atoms with Crippen molar-refractivity contribution in [1.82, 2.24) is 5.32 Å². The number of halogens is 1. The largest absolute Gasteiger partial charge is 0.489 e. The lowest BCUT2D eigenvalue weighted by atomic mass is 9.84. The number of nitrogens with one attached hydrogen (secondary N) is 1. The van der Waals surface area contributed by atoms with Crippen LogP contribution in [0.4, 0.5) is 0 Å². The average molecular weight is 504 g/mol. The van der Waals surface area contributed by atoms with E-state index in [9.17, 15) is 4.79 Å². The van der Waals surface area contributed by atoms with Crippen LogP contribution in [-0.4, -0.2) is 30.3 Å². The highest BCUT2D eigenvalue weighted by Gasteiger charge is 2.29. The van der Waals surface area contributed by atoms with Gasteiger partial charge in [0.25, 0.3) is 0 Å². The number of carbonyl (C=O) groups is 1. The molecule has 0 aromatic heterocycles. The predicted octanol–water partition coefficient (Wildman–Crippen LogP) is 6.36. The first kappa shape index (κ1) is 25.5. The maximum Gasteiger partial charge on any atom is 0.341 e. The Morgan fingerprint density at radius 2 is 1.72 bits per heavy atom. The molecule has 0 saturated heterocycles.